The van der Waals surface area contributed by atoms with Gasteiger partial charge in [0.25, 0.3) is 0 Å². The van der Waals surface area contributed by atoms with Crippen LogP contribution in [0, 0.1) is 5.41 Å². The van der Waals surface area contributed by atoms with Gasteiger partial charge in [0.1, 0.15) is 11.9 Å². The minimum absolute atomic E-state index is 0.525. The summed E-state index contributed by atoms with van der Waals surface area (Å²) in [5.74, 6) is 0. The standard InChI is InChI=1S/C43H33N3Si/c44-42-32(31-45-33-15-5-1-6-16-33)25-30-40-39-23-13-14-24-41(39)46(43(40)42)34-26-28-38(29-27-34)47(35-17-7-2-8-18-35,36-19-9-3-10-20-36)37-21-11-4-12-22-37/h1-31,44-45H/p+1/b32-31-,44-42?. The third-order valence-corrected chi connectivity index (χ3v) is 14.1. The first-order chi connectivity index (χ1) is 23.2. The van der Waals surface area contributed by atoms with E-state index in [2.05, 4.69) is 180 Å². The number of nitrogens with two attached hydrogens (primary N) is 1. The van der Waals surface area contributed by atoms with Gasteiger partial charge < -0.3 is 4.57 Å². The molecule has 1 aliphatic rings. The number of allylic oxidation sites excluding steroid dienone is 2. The maximum Gasteiger partial charge on any atom is 0.179 e. The summed E-state index contributed by atoms with van der Waals surface area (Å²) in [5.41, 5.74) is 6.70. The third-order valence-electron chi connectivity index (χ3n) is 9.30. The van der Waals surface area contributed by atoms with Crippen molar-refractivity contribution in [2.24, 2.45) is 0 Å². The molecule has 1 aliphatic carbocycles. The van der Waals surface area contributed by atoms with Crippen molar-refractivity contribution < 1.29 is 5.32 Å². The summed E-state index contributed by atoms with van der Waals surface area (Å²) in [4.78, 5) is 0. The number of nitrogens with zero attached hydrogens (tertiary/aromatic N) is 1. The molecule has 0 saturated carbocycles. The van der Waals surface area contributed by atoms with Gasteiger partial charge in [-0.15, -0.1) is 0 Å². The molecule has 0 unspecified atom stereocenters. The Labute approximate surface area is 276 Å². The summed E-state index contributed by atoms with van der Waals surface area (Å²) < 4.78 is 2.27. The van der Waals surface area contributed by atoms with Gasteiger partial charge in [-0.3, -0.25) is 10.7 Å². The summed E-state index contributed by atoms with van der Waals surface area (Å²) in [7, 11) is -2.63. The number of fused-ring (bicyclic) bond motifs is 3. The van der Waals surface area contributed by atoms with E-state index in [-0.39, 0.29) is 0 Å². The van der Waals surface area contributed by atoms with Crippen molar-refractivity contribution in [2.45, 2.75) is 0 Å². The summed E-state index contributed by atoms with van der Waals surface area (Å²) >= 11 is 0. The molecule has 0 bridgehead atoms. The fourth-order valence-electron chi connectivity index (χ4n) is 7.16. The molecule has 8 rings (SSSR count). The first-order valence-corrected chi connectivity index (χ1v) is 18.0. The lowest BCUT2D eigenvalue weighted by Gasteiger charge is -2.34. The molecule has 47 heavy (non-hydrogen) atoms. The van der Waals surface area contributed by atoms with Crippen LogP contribution in [0.15, 0.2) is 188 Å². The van der Waals surface area contributed by atoms with Crippen LogP contribution in [0.25, 0.3) is 22.7 Å². The van der Waals surface area contributed by atoms with Crippen LogP contribution in [0.3, 0.4) is 0 Å². The number of para-hydroxylation sites is 2. The fraction of sp³-hybridized carbons (Fsp3) is 0. The molecule has 1 aromatic heterocycles. The van der Waals surface area contributed by atoms with E-state index in [1.54, 1.807) is 0 Å². The van der Waals surface area contributed by atoms with E-state index in [1.165, 1.54) is 20.7 Å². The zero-order chi connectivity index (χ0) is 31.6. The van der Waals surface area contributed by atoms with Crippen molar-refractivity contribution in [1.82, 2.24) is 4.57 Å². The maximum absolute atomic E-state index is 9.44. The normalized spacial score (nSPS) is 13.6. The average molecular weight is 621 g/mol. The zero-order valence-corrected chi connectivity index (χ0v) is 26.9. The number of nitrogens with one attached hydrogen (secondary N) is 1. The third kappa shape index (κ3) is 4.92. The molecule has 7 aromatic rings. The maximum atomic E-state index is 9.44. The van der Waals surface area contributed by atoms with Crippen LogP contribution < -0.4 is 26.1 Å². The van der Waals surface area contributed by atoms with Crippen molar-refractivity contribution in [3.63, 3.8) is 0 Å². The van der Waals surface area contributed by atoms with E-state index in [0.717, 1.165) is 39.1 Å². The molecule has 0 radical (unpaired) electrons. The van der Waals surface area contributed by atoms with Gasteiger partial charge in [0.2, 0.25) is 0 Å². The summed E-state index contributed by atoms with van der Waals surface area (Å²) in [6.45, 7) is 0. The van der Waals surface area contributed by atoms with Crippen LogP contribution >= 0.6 is 0 Å². The smallest absolute Gasteiger partial charge is 0.179 e. The van der Waals surface area contributed by atoms with Crippen LogP contribution in [0.2, 0.25) is 0 Å². The van der Waals surface area contributed by atoms with Crippen molar-refractivity contribution >= 4 is 57.2 Å². The number of benzene rings is 6. The van der Waals surface area contributed by atoms with E-state index >= 15 is 0 Å². The van der Waals surface area contributed by atoms with Gasteiger partial charge in [-0.1, -0.05) is 146 Å². The molecule has 0 amide bonds. The quantitative estimate of drug-likeness (QED) is 0.122. The first-order valence-electron chi connectivity index (χ1n) is 16.0. The number of hydrogen-bond donors (Lipinski definition) is 2. The lowest BCUT2D eigenvalue weighted by molar-refractivity contribution is -0.496. The molecule has 0 fully saturated rings. The lowest BCUT2D eigenvalue weighted by Crippen LogP contribution is -2.74. The molecular weight excluding hydrogens is 587 g/mol. The topological polar surface area (TPSA) is 45.4 Å². The Balaban J connectivity index is 1.29. The Morgan fingerprint density at radius 3 is 1.57 bits per heavy atom. The number of hydrogen-bond acceptors (Lipinski definition) is 1. The average Bonchev–Trinajstić information content (AvgIpc) is 3.49. The molecule has 6 aromatic carbocycles. The highest BCUT2D eigenvalue weighted by molar-refractivity contribution is 7.19. The second-order valence-corrected chi connectivity index (χ2v) is 15.7. The van der Waals surface area contributed by atoms with Crippen LogP contribution in [-0.4, -0.2) is 18.4 Å². The molecule has 4 heteroatoms. The van der Waals surface area contributed by atoms with Gasteiger partial charge >= 0.3 is 0 Å². The second-order valence-electron chi connectivity index (χ2n) is 11.9. The molecule has 3 nitrogen and oxygen atoms in total. The van der Waals surface area contributed by atoms with Gasteiger partial charge in [0, 0.05) is 16.6 Å². The Morgan fingerprint density at radius 1 is 0.511 bits per heavy atom. The fourth-order valence-corrected chi connectivity index (χ4v) is 11.9. The van der Waals surface area contributed by atoms with Gasteiger partial charge in [-0.25, -0.2) is 0 Å². The van der Waals surface area contributed by atoms with E-state index in [4.69, 9.17) is 0 Å². The molecule has 0 spiro atoms. The monoisotopic (exact) mass is 620 g/mol. The summed E-state index contributed by atoms with van der Waals surface area (Å²) in [6.07, 6.45) is 6.30. The highest BCUT2D eigenvalue weighted by atomic mass is 28.3. The van der Waals surface area contributed by atoms with Crippen molar-refractivity contribution in [3.8, 4) is 5.69 Å². The summed E-state index contributed by atoms with van der Waals surface area (Å²) in [5, 5.41) is 18.1. The Kier molecular flexibility index (Phi) is 7.42. The minimum Gasteiger partial charge on any atom is -0.307 e. The van der Waals surface area contributed by atoms with Crippen LogP contribution in [0.4, 0.5) is 5.69 Å². The zero-order valence-electron chi connectivity index (χ0n) is 25.9. The number of rotatable bonds is 7. The molecule has 3 N–H and O–H groups in total. The van der Waals surface area contributed by atoms with Gasteiger partial charge in [-0.2, -0.15) is 0 Å². The molecule has 0 saturated heterocycles. The summed E-state index contributed by atoms with van der Waals surface area (Å²) in [6, 6.07) is 61.0. The van der Waals surface area contributed by atoms with Crippen LogP contribution in [0.1, 0.15) is 11.3 Å². The predicted octanol–water partition coefficient (Wildman–Crippen LogP) is 6.18. The van der Waals surface area contributed by atoms with Gasteiger partial charge in [0.15, 0.2) is 8.07 Å². The lowest BCUT2D eigenvalue weighted by atomic mass is 9.96. The Bertz CT molecular complexity index is 2150. The Hall–Kier alpha value is -5.81. The molecule has 0 atom stereocenters. The van der Waals surface area contributed by atoms with Crippen molar-refractivity contribution in [1.29, 1.82) is 5.41 Å². The highest BCUT2D eigenvalue weighted by Crippen LogP contribution is 2.35. The van der Waals surface area contributed by atoms with E-state index in [1.807, 2.05) is 18.2 Å². The highest BCUT2D eigenvalue weighted by Gasteiger charge is 2.41. The second kappa shape index (κ2) is 12.2. The molecule has 0 aliphatic heterocycles. The minimum atomic E-state index is -2.63. The SMILES string of the molecule is N=C1/C(=C\[NH2+]c2ccccc2)C=Cc2c1n(-c1ccc([Si](c3ccccc3)(c3ccccc3)c3ccccc3)cc1)c1ccccc21. The van der Waals surface area contributed by atoms with Crippen molar-refractivity contribution in [3.05, 3.63) is 199 Å². The number of quaternary nitrogens is 1. The van der Waals surface area contributed by atoms with E-state index < -0.39 is 8.07 Å². The number of aromatic nitrogens is 1. The predicted molar refractivity (Wildman–Crippen MR) is 199 cm³/mol. The largest absolute Gasteiger partial charge is 0.307 e. The van der Waals surface area contributed by atoms with Crippen LogP contribution in [0.5, 0.6) is 0 Å². The molecule has 224 valence electrons. The molecular formula is C43H34N3Si+. The van der Waals surface area contributed by atoms with Crippen molar-refractivity contribution in [2.75, 3.05) is 0 Å². The van der Waals surface area contributed by atoms with Gasteiger partial charge in [0.05, 0.1) is 22.5 Å². The van der Waals surface area contributed by atoms with E-state index in [9.17, 15) is 5.41 Å². The first kappa shape index (κ1) is 28.6. The van der Waals surface area contributed by atoms with E-state index in [0.29, 0.717) is 5.71 Å². The Morgan fingerprint density at radius 2 is 1.00 bits per heavy atom. The van der Waals surface area contributed by atoms with Gasteiger partial charge in [-0.05, 0) is 57.2 Å². The molecule has 1 heterocycles. The van der Waals surface area contributed by atoms with Crippen LogP contribution in [-0.2, 0) is 0 Å².